The van der Waals surface area contributed by atoms with Crippen LogP contribution in [0.3, 0.4) is 0 Å². The lowest BCUT2D eigenvalue weighted by Crippen LogP contribution is -2.23. The highest BCUT2D eigenvalue weighted by molar-refractivity contribution is 5.52. The van der Waals surface area contributed by atoms with Crippen LogP contribution in [0.15, 0.2) is 36.4 Å². The van der Waals surface area contributed by atoms with Gasteiger partial charge >= 0.3 is 0 Å². The highest BCUT2D eigenvalue weighted by Crippen LogP contribution is 2.52. The topological polar surface area (TPSA) is 57.2 Å². The van der Waals surface area contributed by atoms with E-state index in [1.807, 2.05) is 36.4 Å². The molecule has 0 radical (unpaired) electrons. The SMILES string of the molecule is COc1ccc2c(c1)O[C@@H]1c3ccc(OCCO)cc3OC[C@H]21. The second kappa shape index (κ2) is 5.66. The standard InChI is InChI=1S/C18H18O5/c1-20-11-2-4-13-15-10-22-16-9-12(21-7-6-19)3-5-14(16)18(15)23-17(13)8-11/h2-5,8-9,15,18-19H,6-7,10H2,1H3/t15-,18-/m1/s1. The summed E-state index contributed by atoms with van der Waals surface area (Å²) in [5.74, 6) is 3.30. The first-order valence-electron chi connectivity index (χ1n) is 7.65. The lowest BCUT2D eigenvalue weighted by Gasteiger charge is -2.28. The van der Waals surface area contributed by atoms with E-state index in [2.05, 4.69) is 0 Å². The Morgan fingerprint density at radius 2 is 1.87 bits per heavy atom. The van der Waals surface area contributed by atoms with Crippen LogP contribution in [0.1, 0.15) is 23.1 Å². The molecule has 1 N–H and O–H groups in total. The van der Waals surface area contributed by atoms with Gasteiger partial charge in [-0.05, 0) is 18.2 Å². The van der Waals surface area contributed by atoms with Gasteiger partial charge in [-0.25, -0.2) is 0 Å². The minimum atomic E-state index is -0.0484. The Hall–Kier alpha value is -2.40. The molecule has 5 heteroatoms. The highest BCUT2D eigenvalue weighted by atomic mass is 16.5. The maximum absolute atomic E-state index is 8.85. The molecule has 0 amide bonds. The third-order valence-corrected chi connectivity index (χ3v) is 4.31. The van der Waals surface area contributed by atoms with Crippen molar-refractivity contribution in [1.29, 1.82) is 0 Å². The minimum absolute atomic E-state index is 0.0110. The number of aliphatic hydroxyl groups excluding tert-OH is 1. The van der Waals surface area contributed by atoms with E-state index in [-0.39, 0.29) is 25.2 Å². The Morgan fingerprint density at radius 1 is 1.09 bits per heavy atom. The van der Waals surface area contributed by atoms with E-state index in [1.165, 1.54) is 0 Å². The Balaban J connectivity index is 1.64. The molecule has 2 aliphatic rings. The zero-order valence-electron chi connectivity index (χ0n) is 12.8. The van der Waals surface area contributed by atoms with E-state index < -0.39 is 0 Å². The summed E-state index contributed by atoms with van der Waals surface area (Å²) in [4.78, 5) is 0. The molecule has 0 fully saturated rings. The highest BCUT2D eigenvalue weighted by Gasteiger charge is 2.40. The van der Waals surface area contributed by atoms with Crippen LogP contribution in [-0.4, -0.2) is 32.0 Å². The fourth-order valence-corrected chi connectivity index (χ4v) is 3.20. The third kappa shape index (κ3) is 2.37. The number of aliphatic hydroxyl groups is 1. The van der Waals surface area contributed by atoms with Crippen LogP contribution < -0.4 is 18.9 Å². The molecule has 2 aliphatic heterocycles. The fourth-order valence-electron chi connectivity index (χ4n) is 3.20. The van der Waals surface area contributed by atoms with Crippen molar-refractivity contribution in [2.75, 3.05) is 26.9 Å². The van der Waals surface area contributed by atoms with E-state index in [1.54, 1.807) is 7.11 Å². The van der Waals surface area contributed by atoms with Gasteiger partial charge in [-0.15, -0.1) is 0 Å². The van der Waals surface area contributed by atoms with Gasteiger partial charge in [0.15, 0.2) is 0 Å². The van der Waals surface area contributed by atoms with E-state index in [4.69, 9.17) is 24.1 Å². The number of rotatable bonds is 4. The van der Waals surface area contributed by atoms with Crippen molar-refractivity contribution in [3.05, 3.63) is 47.5 Å². The quantitative estimate of drug-likeness (QED) is 0.940. The molecule has 0 saturated carbocycles. The zero-order chi connectivity index (χ0) is 15.8. The lowest BCUT2D eigenvalue weighted by molar-refractivity contribution is 0.138. The number of hydrogen-bond donors (Lipinski definition) is 1. The molecule has 0 saturated heterocycles. The summed E-state index contributed by atoms with van der Waals surface area (Å²) < 4.78 is 22.8. The van der Waals surface area contributed by atoms with Crippen molar-refractivity contribution < 1.29 is 24.1 Å². The van der Waals surface area contributed by atoms with Crippen LogP contribution in [0.5, 0.6) is 23.0 Å². The minimum Gasteiger partial charge on any atom is -0.497 e. The van der Waals surface area contributed by atoms with Crippen molar-refractivity contribution >= 4 is 0 Å². The van der Waals surface area contributed by atoms with Gasteiger partial charge in [-0.1, -0.05) is 6.07 Å². The van der Waals surface area contributed by atoms with E-state index in [9.17, 15) is 0 Å². The maximum atomic E-state index is 8.85. The first-order chi connectivity index (χ1) is 11.3. The van der Waals surface area contributed by atoms with Crippen LogP contribution >= 0.6 is 0 Å². The van der Waals surface area contributed by atoms with Gasteiger partial charge in [-0.2, -0.15) is 0 Å². The van der Waals surface area contributed by atoms with E-state index in [0.717, 1.165) is 28.4 Å². The van der Waals surface area contributed by atoms with Crippen molar-refractivity contribution in [3.63, 3.8) is 0 Å². The van der Waals surface area contributed by atoms with Gasteiger partial charge in [0, 0.05) is 23.3 Å². The predicted octanol–water partition coefficient (Wildman–Crippen LogP) is 2.68. The molecule has 23 heavy (non-hydrogen) atoms. The van der Waals surface area contributed by atoms with Crippen molar-refractivity contribution in [2.45, 2.75) is 12.0 Å². The molecule has 0 unspecified atom stereocenters. The second-order valence-electron chi connectivity index (χ2n) is 5.63. The Bertz CT molecular complexity index is 727. The Morgan fingerprint density at radius 3 is 2.70 bits per heavy atom. The molecule has 4 rings (SSSR count). The van der Waals surface area contributed by atoms with E-state index in [0.29, 0.717) is 12.4 Å². The zero-order valence-corrected chi connectivity index (χ0v) is 12.8. The number of benzene rings is 2. The molecule has 2 aromatic rings. The number of methoxy groups -OCH3 is 1. The predicted molar refractivity (Wildman–Crippen MR) is 83.6 cm³/mol. The average molecular weight is 314 g/mol. The fraction of sp³-hybridized carbons (Fsp3) is 0.333. The summed E-state index contributed by atoms with van der Waals surface area (Å²) in [6.07, 6.45) is -0.0484. The molecule has 5 nitrogen and oxygen atoms in total. The summed E-state index contributed by atoms with van der Waals surface area (Å²) in [5, 5.41) is 8.85. The summed E-state index contributed by atoms with van der Waals surface area (Å²) >= 11 is 0. The third-order valence-electron chi connectivity index (χ3n) is 4.31. The molecule has 120 valence electrons. The number of ether oxygens (including phenoxy) is 4. The van der Waals surface area contributed by atoms with Crippen LogP contribution in [0, 0.1) is 0 Å². The van der Waals surface area contributed by atoms with Crippen LogP contribution in [0.2, 0.25) is 0 Å². The van der Waals surface area contributed by atoms with E-state index >= 15 is 0 Å². The van der Waals surface area contributed by atoms with Gasteiger partial charge < -0.3 is 24.1 Å². The summed E-state index contributed by atoms with van der Waals surface area (Å²) in [7, 11) is 1.65. The van der Waals surface area contributed by atoms with Gasteiger partial charge in [0.05, 0.1) is 26.2 Å². The smallest absolute Gasteiger partial charge is 0.138 e. The lowest BCUT2D eigenvalue weighted by atomic mass is 9.89. The van der Waals surface area contributed by atoms with Crippen molar-refractivity contribution in [2.24, 2.45) is 0 Å². The van der Waals surface area contributed by atoms with Crippen LogP contribution in [-0.2, 0) is 0 Å². The second-order valence-corrected chi connectivity index (χ2v) is 5.63. The van der Waals surface area contributed by atoms with Crippen molar-refractivity contribution in [3.8, 4) is 23.0 Å². The molecule has 2 aromatic carbocycles. The monoisotopic (exact) mass is 314 g/mol. The molecular weight excluding hydrogens is 296 g/mol. The molecule has 0 spiro atoms. The summed E-state index contributed by atoms with van der Waals surface area (Å²) in [6.45, 7) is 0.829. The first kappa shape index (κ1) is 14.2. The first-order valence-corrected chi connectivity index (χ1v) is 7.65. The largest absolute Gasteiger partial charge is 0.497 e. The molecule has 0 aliphatic carbocycles. The molecule has 2 heterocycles. The Labute approximate surface area is 134 Å². The average Bonchev–Trinajstić information content (AvgIpc) is 2.97. The Kier molecular flexibility index (Phi) is 3.50. The van der Waals surface area contributed by atoms with Gasteiger partial charge in [0.25, 0.3) is 0 Å². The molecule has 2 atom stereocenters. The molecular formula is C18H18O5. The van der Waals surface area contributed by atoms with Crippen LogP contribution in [0.25, 0.3) is 0 Å². The van der Waals surface area contributed by atoms with Gasteiger partial charge in [0.1, 0.15) is 35.7 Å². The molecule has 0 aromatic heterocycles. The van der Waals surface area contributed by atoms with Crippen molar-refractivity contribution in [1.82, 2.24) is 0 Å². The number of hydrogen-bond acceptors (Lipinski definition) is 5. The molecule has 0 bridgehead atoms. The summed E-state index contributed by atoms with van der Waals surface area (Å²) in [6, 6.07) is 11.6. The van der Waals surface area contributed by atoms with Gasteiger partial charge in [0.2, 0.25) is 0 Å². The number of fused-ring (bicyclic) bond motifs is 5. The van der Waals surface area contributed by atoms with Crippen LogP contribution in [0.4, 0.5) is 0 Å². The summed E-state index contributed by atoms with van der Waals surface area (Å²) in [5.41, 5.74) is 2.18. The maximum Gasteiger partial charge on any atom is 0.138 e. The van der Waals surface area contributed by atoms with Gasteiger partial charge in [-0.3, -0.25) is 0 Å². The normalized spacial score (nSPS) is 20.6.